The maximum Gasteiger partial charge on any atom is 0.224 e. The number of rotatable bonds is 7. The van der Waals surface area contributed by atoms with E-state index >= 15 is 0 Å². The Balaban J connectivity index is 1.65. The maximum atomic E-state index is 13.0. The summed E-state index contributed by atoms with van der Waals surface area (Å²) in [5, 5.41) is 3.69. The van der Waals surface area contributed by atoms with Crippen molar-refractivity contribution in [2.75, 3.05) is 13.1 Å². The van der Waals surface area contributed by atoms with Crippen LogP contribution in [0.1, 0.15) is 49.4 Å². The third-order valence-electron chi connectivity index (χ3n) is 5.78. The first-order valence-corrected chi connectivity index (χ1v) is 12.9. The Morgan fingerprint density at radius 3 is 2.42 bits per heavy atom. The van der Waals surface area contributed by atoms with Crippen molar-refractivity contribution in [2.45, 2.75) is 44.9 Å². The zero-order valence-electron chi connectivity index (χ0n) is 17.8. The van der Waals surface area contributed by atoms with E-state index in [4.69, 9.17) is 23.2 Å². The van der Waals surface area contributed by atoms with Gasteiger partial charge in [0.1, 0.15) is 0 Å². The molecule has 3 rings (SSSR count). The molecule has 0 radical (unpaired) electrons. The fraction of sp³-hybridized carbons (Fsp3) is 0.435. The number of hydrogen-bond donors (Lipinski definition) is 1. The number of carbonyl (C=O) groups excluding carboxylic acids is 1. The number of benzene rings is 2. The molecule has 1 amide bonds. The Labute approximate surface area is 194 Å². The molecule has 1 fully saturated rings. The molecule has 5 nitrogen and oxygen atoms in total. The van der Waals surface area contributed by atoms with Crippen molar-refractivity contribution in [3.8, 4) is 0 Å². The molecule has 0 saturated carbocycles. The lowest BCUT2D eigenvalue weighted by Gasteiger charge is -2.32. The van der Waals surface area contributed by atoms with E-state index in [1.807, 2.05) is 19.1 Å². The lowest BCUT2D eigenvalue weighted by atomic mass is 9.97. The lowest BCUT2D eigenvalue weighted by Crippen LogP contribution is -2.46. The maximum absolute atomic E-state index is 13.0. The zero-order chi connectivity index (χ0) is 22.6. The van der Waals surface area contributed by atoms with Gasteiger partial charge in [-0.25, -0.2) is 12.7 Å². The SMILES string of the molecule is CCc1ccc([C@@H](C)NC(=O)[C@@H]2CCCN(S(=O)(=O)Cc3c(Cl)cccc3Cl)C2)cc1. The van der Waals surface area contributed by atoms with E-state index in [0.29, 0.717) is 35.0 Å². The van der Waals surface area contributed by atoms with Crippen LogP contribution in [0.15, 0.2) is 42.5 Å². The fourth-order valence-electron chi connectivity index (χ4n) is 3.81. The van der Waals surface area contributed by atoms with Gasteiger partial charge in [-0.15, -0.1) is 0 Å². The van der Waals surface area contributed by atoms with E-state index in [9.17, 15) is 13.2 Å². The number of amides is 1. The van der Waals surface area contributed by atoms with Gasteiger partial charge in [-0.2, -0.15) is 0 Å². The van der Waals surface area contributed by atoms with Gasteiger partial charge in [0.2, 0.25) is 15.9 Å². The summed E-state index contributed by atoms with van der Waals surface area (Å²) < 4.78 is 27.4. The summed E-state index contributed by atoms with van der Waals surface area (Å²) in [6.07, 6.45) is 2.26. The minimum Gasteiger partial charge on any atom is -0.349 e. The average Bonchev–Trinajstić information content (AvgIpc) is 2.76. The largest absolute Gasteiger partial charge is 0.349 e. The van der Waals surface area contributed by atoms with Gasteiger partial charge in [-0.1, -0.05) is 60.5 Å². The van der Waals surface area contributed by atoms with Gasteiger partial charge in [0, 0.05) is 28.7 Å². The quantitative estimate of drug-likeness (QED) is 0.605. The summed E-state index contributed by atoms with van der Waals surface area (Å²) in [5.74, 6) is -0.787. The van der Waals surface area contributed by atoms with Crippen molar-refractivity contribution in [2.24, 2.45) is 5.92 Å². The molecule has 2 atom stereocenters. The van der Waals surface area contributed by atoms with Crippen LogP contribution in [0.2, 0.25) is 10.0 Å². The average molecular weight is 483 g/mol. The molecule has 1 heterocycles. The molecule has 1 aliphatic rings. The molecule has 1 saturated heterocycles. The highest BCUT2D eigenvalue weighted by atomic mass is 35.5. The first-order chi connectivity index (χ1) is 14.7. The van der Waals surface area contributed by atoms with Crippen LogP contribution in [0.25, 0.3) is 0 Å². The summed E-state index contributed by atoms with van der Waals surface area (Å²) in [4.78, 5) is 12.9. The van der Waals surface area contributed by atoms with E-state index in [0.717, 1.165) is 12.0 Å². The number of hydrogen-bond acceptors (Lipinski definition) is 3. The van der Waals surface area contributed by atoms with Gasteiger partial charge in [0.25, 0.3) is 0 Å². The smallest absolute Gasteiger partial charge is 0.224 e. The molecule has 31 heavy (non-hydrogen) atoms. The second-order valence-electron chi connectivity index (χ2n) is 7.98. The fourth-order valence-corrected chi connectivity index (χ4v) is 6.17. The second kappa shape index (κ2) is 10.3. The van der Waals surface area contributed by atoms with E-state index in [2.05, 4.69) is 24.4 Å². The molecular formula is C23H28Cl2N2O3S. The summed E-state index contributed by atoms with van der Waals surface area (Å²) in [6.45, 7) is 4.60. The number of carbonyl (C=O) groups is 1. The van der Waals surface area contributed by atoms with Crippen molar-refractivity contribution < 1.29 is 13.2 Å². The van der Waals surface area contributed by atoms with Crippen LogP contribution in [0.3, 0.4) is 0 Å². The molecule has 0 spiro atoms. The molecule has 8 heteroatoms. The number of sulfonamides is 1. The predicted octanol–water partition coefficient (Wildman–Crippen LogP) is 4.98. The summed E-state index contributed by atoms with van der Waals surface area (Å²) in [7, 11) is -3.65. The standard InChI is InChI=1S/C23H28Cl2N2O3S/c1-3-17-9-11-18(12-10-17)16(2)26-23(28)19-6-5-13-27(14-19)31(29,30)15-20-21(24)7-4-8-22(20)25/h4,7-12,16,19H,3,5-6,13-15H2,1-2H3,(H,26,28)/t16-,19-/m1/s1. The molecule has 0 unspecified atom stereocenters. The Morgan fingerprint density at radius 2 is 1.81 bits per heavy atom. The van der Waals surface area contributed by atoms with Crippen LogP contribution in [-0.2, 0) is 27.0 Å². The number of piperidine rings is 1. The second-order valence-corrected chi connectivity index (χ2v) is 10.8. The van der Waals surface area contributed by atoms with Gasteiger partial charge < -0.3 is 5.32 Å². The number of nitrogens with zero attached hydrogens (tertiary/aromatic N) is 1. The zero-order valence-corrected chi connectivity index (χ0v) is 20.1. The Kier molecular flexibility index (Phi) is 8.03. The minimum atomic E-state index is -3.65. The Bertz CT molecular complexity index is 1010. The highest BCUT2D eigenvalue weighted by Gasteiger charge is 2.33. The summed E-state index contributed by atoms with van der Waals surface area (Å²) in [6, 6.07) is 13.0. The van der Waals surface area contributed by atoms with Crippen LogP contribution >= 0.6 is 23.2 Å². The first-order valence-electron chi connectivity index (χ1n) is 10.5. The topological polar surface area (TPSA) is 66.5 Å². The van der Waals surface area contributed by atoms with Gasteiger partial charge in [-0.05, 0) is 49.4 Å². The molecule has 168 valence electrons. The van der Waals surface area contributed by atoms with Crippen LogP contribution in [0, 0.1) is 5.92 Å². The van der Waals surface area contributed by atoms with Crippen molar-refractivity contribution in [1.29, 1.82) is 0 Å². The van der Waals surface area contributed by atoms with Crippen LogP contribution in [-0.4, -0.2) is 31.7 Å². The number of halogens is 2. The molecule has 0 bridgehead atoms. The van der Waals surface area contributed by atoms with E-state index in [1.54, 1.807) is 18.2 Å². The Hall–Kier alpha value is -1.60. The third-order valence-corrected chi connectivity index (χ3v) is 8.26. The van der Waals surface area contributed by atoms with Gasteiger partial charge in [0.05, 0.1) is 17.7 Å². The monoisotopic (exact) mass is 482 g/mol. The molecule has 1 aliphatic heterocycles. The van der Waals surface area contributed by atoms with Gasteiger partial charge in [0.15, 0.2) is 0 Å². The Morgan fingerprint density at radius 1 is 1.16 bits per heavy atom. The molecule has 1 N–H and O–H groups in total. The highest BCUT2D eigenvalue weighted by Crippen LogP contribution is 2.29. The van der Waals surface area contributed by atoms with Crippen molar-refractivity contribution >= 4 is 39.1 Å². The number of aryl methyl sites for hydroxylation is 1. The predicted molar refractivity (Wildman–Crippen MR) is 126 cm³/mol. The summed E-state index contributed by atoms with van der Waals surface area (Å²) >= 11 is 12.3. The van der Waals surface area contributed by atoms with Crippen LogP contribution < -0.4 is 5.32 Å². The normalized spacial score (nSPS) is 18.5. The first kappa shape index (κ1) is 24.1. The molecule has 0 aromatic heterocycles. The molecule has 2 aromatic rings. The van der Waals surface area contributed by atoms with E-state index < -0.39 is 10.0 Å². The molecule has 0 aliphatic carbocycles. The van der Waals surface area contributed by atoms with Crippen LogP contribution in [0.4, 0.5) is 0 Å². The van der Waals surface area contributed by atoms with Crippen molar-refractivity contribution in [1.82, 2.24) is 9.62 Å². The number of nitrogens with one attached hydrogen (secondary N) is 1. The van der Waals surface area contributed by atoms with Crippen molar-refractivity contribution in [3.05, 3.63) is 69.2 Å². The molecular weight excluding hydrogens is 455 g/mol. The summed E-state index contributed by atoms with van der Waals surface area (Å²) in [5.41, 5.74) is 2.66. The van der Waals surface area contributed by atoms with Crippen LogP contribution in [0.5, 0.6) is 0 Å². The van der Waals surface area contributed by atoms with Gasteiger partial charge >= 0.3 is 0 Å². The highest BCUT2D eigenvalue weighted by molar-refractivity contribution is 7.88. The minimum absolute atomic E-state index is 0.122. The van der Waals surface area contributed by atoms with Crippen molar-refractivity contribution in [3.63, 3.8) is 0 Å². The molecule has 2 aromatic carbocycles. The lowest BCUT2D eigenvalue weighted by molar-refractivity contribution is -0.126. The van der Waals surface area contributed by atoms with E-state index in [1.165, 1.54) is 9.87 Å². The van der Waals surface area contributed by atoms with E-state index in [-0.39, 0.29) is 30.2 Å². The third kappa shape index (κ3) is 6.01. The van der Waals surface area contributed by atoms with Gasteiger partial charge in [-0.3, -0.25) is 4.79 Å².